The van der Waals surface area contributed by atoms with Crippen molar-refractivity contribution in [2.45, 2.75) is 32.3 Å². The van der Waals surface area contributed by atoms with Crippen LogP contribution in [0.1, 0.15) is 26.2 Å². The first kappa shape index (κ1) is 11.0. The Balaban J connectivity index is 2.33. The molecule has 0 spiro atoms. The average Bonchev–Trinajstić information content (AvgIpc) is 2.12. The maximum atomic E-state index is 9.70. The Bertz CT molecular complexity index is 141. The maximum Gasteiger partial charge on any atom is 0.0592 e. The van der Waals surface area contributed by atoms with Gasteiger partial charge in [-0.2, -0.15) is 0 Å². The van der Waals surface area contributed by atoms with E-state index in [0.717, 1.165) is 38.9 Å². The molecule has 0 aliphatic carbocycles. The van der Waals surface area contributed by atoms with Crippen molar-refractivity contribution in [1.82, 2.24) is 4.90 Å². The van der Waals surface area contributed by atoms with Crippen molar-refractivity contribution in [3.05, 3.63) is 0 Å². The monoisotopic (exact) mass is 187 g/mol. The van der Waals surface area contributed by atoms with E-state index >= 15 is 0 Å². The van der Waals surface area contributed by atoms with Gasteiger partial charge in [0.15, 0.2) is 0 Å². The van der Waals surface area contributed by atoms with Crippen LogP contribution in [0.3, 0.4) is 0 Å². The molecule has 13 heavy (non-hydrogen) atoms. The van der Waals surface area contributed by atoms with Crippen LogP contribution in [0.25, 0.3) is 0 Å². The van der Waals surface area contributed by atoms with Crippen LogP contribution in [-0.4, -0.2) is 47.5 Å². The molecule has 0 unspecified atom stereocenters. The molecule has 0 amide bonds. The third-order valence-corrected chi connectivity index (χ3v) is 2.85. The summed E-state index contributed by atoms with van der Waals surface area (Å²) in [6, 6.07) is 0. The van der Waals surface area contributed by atoms with Gasteiger partial charge in [-0.3, -0.25) is 0 Å². The van der Waals surface area contributed by atoms with Crippen molar-refractivity contribution in [2.24, 2.45) is 5.92 Å². The molecule has 0 aromatic carbocycles. The number of rotatable bonds is 4. The second-order valence-electron chi connectivity index (χ2n) is 3.93. The normalized spacial score (nSPS) is 30.7. The van der Waals surface area contributed by atoms with E-state index in [1.165, 1.54) is 0 Å². The molecule has 0 radical (unpaired) electrons. The minimum absolute atomic E-state index is 0.116. The van der Waals surface area contributed by atoms with Crippen molar-refractivity contribution >= 4 is 0 Å². The minimum Gasteiger partial charge on any atom is -0.395 e. The summed E-state index contributed by atoms with van der Waals surface area (Å²) in [4.78, 5) is 2.24. The Morgan fingerprint density at radius 1 is 1.46 bits per heavy atom. The first-order valence-electron chi connectivity index (χ1n) is 5.29. The number of β-amino-alcohol motifs (C(OH)–C–C–N with tert-alkyl or cyclic N) is 1. The van der Waals surface area contributed by atoms with Crippen LogP contribution < -0.4 is 0 Å². The molecule has 78 valence electrons. The fourth-order valence-corrected chi connectivity index (χ4v) is 2.09. The smallest absolute Gasteiger partial charge is 0.0592 e. The molecule has 2 N–H and O–H groups in total. The molecule has 1 rings (SSSR count). The van der Waals surface area contributed by atoms with E-state index in [2.05, 4.69) is 11.8 Å². The molecule has 0 aromatic rings. The number of aliphatic hydroxyl groups is 2. The van der Waals surface area contributed by atoms with Crippen LogP contribution >= 0.6 is 0 Å². The van der Waals surface area contributed by atoms with Crippen molar-refractivity contribution in [2.75, 3.05) is 26.2 Å². The molecule has 0 saturated carbocycles. The summed E-state index contributed by atoms with van der Waals surface area (Å²) in [6.45, 7) is 5.02. The zero-order valence-corrected chi connectivity index (χ0v) is 8.45. The SMILES string of the molecule is CCC[C@@H]1CN(CCO)CC[C@H]1O. The molecule has 2 atom stereocenters. The van der Waals surface area contributed by atoms with Crippen molar-refractivity contribution in [3.8, 4) is 0 Å². The van der Waals surface area contributed by atoms with Crippen LogP contribution in [-0.2, 0) is 0 Å². The van der Waals surface area contributed by atoms with Gasteiger partial charge in [-0.15, -0.1) is 0 Å². The van der Waals surface area contributed by atoms with E-state index in [9.17, 15) is 5.11 Å². The number of likely N-dealkylation sites (tertiary alicyclic amines) is 1. The van der Waals surface area contributed by atoms with E-state index in [4.69, 9.17) is 5.11 Å². The minimum atomic E-state index is -0.116. The fourth-order valence-electron chi connectivity index (χ4n) is 2.09. The Kier molecular flexibility index (Phi) is 4.70. The molecule has 0 bridgehead atoms. The van der Waals surface area contributed by atoms with Gasteiger partial charge < -0.3 is 15.1 Å². The highest BCUT2D eigenvalue weighted by Gasteiger charge is 2.26. The average molecular weight is 187 g/mol. The van der Waals surface area contributed by atoms with E-state index in [-0.39, 0.29) is 12.7 Å². The number of hydrogen-bond acceptors (Lipinski definition) is 3. The zero-order chi connectivity index (χ0) is 9.68. The second kappa shape index (κ2) is 5.58. The highest BCUT2D eigenvalue weighted by Crippen LogP contribution is 2.21. The lowest BCUT2D eigenvalue weighted by Gasteiger charge is -2.35. The van der Waals surface area contributed by atoms with Gasteiger partial charge in [0.2, 0.25) is 0 Å². The van der Waals surface area contributed by atoms with Gasteiger partial charge in [0.25, 0.3) is 0 Å². The number of hydrogen-bond donors (Lipinski definition) is 2. The van der Waals surface area contributed by atoms with E-state index in [1.807, 2.05) is 0 Å². The van der Waals surface area contributed by atoms with Crippen LogP contribution in [0.5, 0.6) is 0 Å². The van der Waals surface area contributed by atoms with E-state index in [1.54, 1.807) is 0 Å². The first-order valence-corrected chi connectivity index (χ1v) is 5.29. The molecule has 1 saturated heterocycles. The predicted octanol–water partition coefficient (Wildman–Crippen LogP) is 0.462. The predicted molar refractivity (Wildman–Crippen MR) is 52.5 cm³/mol. The van der Waals surface area contributed by atoms with E-state index in [0.29, 0.717) is 5.92 Å². The molecule has 3 heteroatoms. The summed E-state index contributed by atoms with van der Waals surface area (Å²) in [5, 5.41) is 18.5. The molecular formula is C10H21NO2. The van der Waals surface area contributed by atoms with Crippen LogP contribution in [0.15, 0.2) is 0 Å². The lowest BCUT2D eigenvalue weighted by Crippen LogP contribution is -2.44. The Morgan fingerprint density at radius 2 is 2.23 bits per heavy atom. The summed E-state index contributed by atoms with van der Waals surface area (Å²) in [7, 11) is 0. The third-order valence-electron chi connectivity index (χ3n) is 2.85. The van der Waals surface area contributed by atoms with Crippen LogP contribution in [0, 0.1) is 5.92 Å². The summed E-state index contributed by atoms with van der Waals surface area (Å²) in [5.74, 6) is 0.422. The quantitative estimate of drug-likeness (QED) is 0.672. The van der Waals surface area contributed by atoms with Gasteiger partial charge in [0.05, 0.1) is 12.7 Å². The molecule has 3 nitrogen and oxygen atoms in total. The number of nitrogens with zero attached hydrogens (tertiary/aromatic N) is 1. The largest absolute Gasteiger partial charge is 0.395 e. The Labute approximate surface area is 80.4 Å². The summed E-state index contributed by atoms with van der Waals surface area (Å²) >= 11 is 0. The van der Waals surface area contributed by atoms with Gasteiger partial charge in [0.1, 0.15) is 0 Å². The lowest BCUT2D eigenvalue weighted by atomic mass is 9.91. The van der Waals surface area contributed by atoms with Gasteiger partial charge in [0, 0.05) is 19.6 Å². The Morgan fingerprint density at radius 3 is 2.85 bits per heavy atom. The topological polar surface area (TPSA) is 43.7 Å². The summed E-state index contributed by atoms with van der Waals surface area (Å²) in [6.07, 6.45) is 2.98. The summed E-state index contributed by atoms with van der Waals surface area (Å²) in [5.41, 5.74) is 0. The number of aliphatic hydroxyl groups excluding tert-OH is 2. The highest BCUT2D eigenvalue weighted by molar-refractivity contribution is 4.79. The zero-order valence-electron chi connectivity index (χ0n) is 8.45. The molecule has 1 aliphatic rings. The second-order valence-corrected chi connectivity index (χ2v) is 3.93. The van der Waals surface area contributed by atoms with E-state index < -0.39 is 0 Å². The summed E-state index contributed by atoms with van der Waals surface area (Å²) < 4.78 is 0. The van der Waals surface area contributed by atoms with Crippen molar-refractivity contribution in [3.63, 3.8) is 0 Å². The van der Waals surface area contributed by atoms with Crippen LogP contribution in [0.2, 0.25) is 0 Å². The van der Waals surface area contributed by atoms with Gasteiger partial charge in [-0.25, -0.2) is 0 Å². The fraction of sp³-hybridized carbons (Fsp3) is 1.00. The third kappa shape index (κ3) is 3.25. The molecular weight excluding hydrogens is 166 g/mol. The molecule has 1 aliphatic heterocycles. The Hall–Kier alpha value is -0.120. The van der Waals surface area contributed by atoms with Crippen LogP contribution in [0.4, 0.5) is 0 Å². The van der Waals surface area contributed by atoms with Crippen molar-refractivity contribution in [1.29, 1.82) is 0 Å². The standard InChI is InChI=1S/C10H21NO2/c1-2-3-9-8-11(6-7-12)5-4-10(9)13/h9-10,12-13H,2-8H2,1H3/t9-,10-/m1/s1. The lowest BCUT2D eigenvalue weighted by molar-refractivity contribution is 0.0173. The molecule has 1 fully saturated rings. The van der Waals surface area contributed by atoms with Crippen molar-refractivity contribution < 1.29 is 10.2 Å². The molecule has 1 heterocycles. The van der Waals surface area contributed by atoms with Gasteiger partial charge >= 0.3 is 0 Å². The van der Waals surface area contributed by atoms with Gasteiger partial charge in [-0.05, 0) is 18.8 Å². The highest BCUT2D eigenvalue weighted by atomic mass is 16.3. The maximum absolute atomic E-state index is 9.70. The molecule has 0 aromatic heterocycles. The first-order chi connectivity index (χ1) is 6.27. The van der Waals surface area contributed by atoms with Gasteiger partial charge in [-0.1, -0.05) is 13.3 Å². The number of piperidine rings is 1.